The van der Waals surface area contributed by atoms with Gasteiger partial charge in [0, 0.05) is 43.5 Å². The molecule has 2 amide bonds. The minimum absolute atomic E-state index is 0.0911. The van der Waals surface area contributed by atoms with E-state index in [2.05, 4.69) is 10.2 Å². The van der Waals surface area contributed by atoms with Crippen LogP contribution in [0.4, 0.5) is 5.69 Å². The van der Waals surface area contributed by atoms with Crippen LogP contribution in [0, 0.1) is 0 Å². The molecule has 2 aliphatic heterocycles. The molecule has 26 heavy (non-hydrogen) atoms. The molecule has 2 atom stereocenters. The first-order valence-electron chi connectivity index (χ1n) is 9.36. The first-order chi connectivity index (χ1) is 12.5. The van der Waals surface area contributed by atoms with Gasteiger partial charge in [0.05, 0.1) is 12.6 Å². The number of carbonyl (C=O) groups is 2. The van der Waals surface area contributed by atoms with E-state index in [9.17, 15) is 14.7 Å². The zero-order valence-electron chi connectivity index (χ0n) is 15.1. The van der Waals surface area contributed by atoms with Gasteiger partial charge in [-0.15, -0.1) is 0 Å². The maximum absolute atomic E-state index is 12.7. The van der Waals surface area contributed by atoms with Gasteiger partial charge in [-0.1, -0.05) is 0 Å². The van der Waals surface area contributed by atoms with Crippen LogP contribution in [0.2, 0.25) is 0 Å². The van der Waals surface area contributed by atoms with E-state index in [1.54, 1.807) is 24.3 Å². The van der Waals surface area contributed by atoms with Crippen LogP contribution in [0.15, 0.2) is 24.3 Å². The molecule has 4 N–H and O–H groups in total. The molecular weight excluding hydrogens is 332 g/mol. The topological polar surface area (TPSA) is 98.9 Å². The molecule has 2 aliphatic rings. The summed E-state index contributed by atoms with van der Waals surface area (Å²) in [6, 6.07) is 7.04. The Balaban J connectivity index is 1.53. The summed E-state index contributed by atoms with van der Waals surface area (Å²) in [4.78, 5) is 28.1. The third-order valence-corrected chi connectivity index (χ3v) is 5.28. The lowest BCUT2D eigenvalue weighted by Gasteiger charge is -2.38. The van der Waals surface area contributed by atoms with Crippen molar-refractivity contribution in [2.24, 2.45) is 5.73 Å². The van der Waals surface area contributed by atoms with E-state index in [1.807, 2.05) is 4.90 Å². The standard InChI is InChI=1S/C19H28N4O3/c20-19(26)14-4-6-15(7-5-14)21-11-18(25)23-9-2-1-3-16(23)12-22-10-8-17(24)13-22/h4-7,16-17,21,24H,1-3,8-13H2,(H2,20,26)/t16-,17-/m0/s1. The normalized spacial score (nSPS) is 23.8. The highest BCUT2D eigenvalue weighted by atomic mass is 16.3. The summed E-state index contributed by atoms with van der Waals surface area (Å²) in [6.07, 6.45) is 3.80. The van der Waals surface area contributed by atoms with Crippen LogP contribution in [0.1, 0.15) is 36.0 Å². The summed E-state index contributed by atoms with van der Waals surface area (Å²) in [5.74, 6) is -0.371. The Morgan fingerprint density at radius 2 is 1.92 bits per heavy atom. The van der Waals surface area contributed by atoms with E-state index in [-0.39, 0.29) is 24.6 Å². The number of nitrogens with one attached hydrogen (secondary N) is 1. The Kier molecular flexibility index (Phi) is 6.11. The number of likely N-dealkylation sites (tertiary alicyclic amines) is 2. The van der Waals surface area contributed by atoms with Gasteiger partial charge in [-0.3, -0.25) is 14.5 Å². The monoisotopic (exact) mass is 360 g/mol. The number of hydrogen-bond donors (Lipinski definition) is 3. The molecule has 0 spiro atoms. The summed E-state index contributed by atoms with van der Waals surface area (Å²) in [7, 11) is 0. The Labute approximate surface area is 154 Å². The smallest absolute Gasteiger partial charge is 0.248 e. The number of primary amides is 1. The van der Waals surface area contributed by atoms with E-state index >= 15 is 0 Å². The number of amides is 2. The number of anilines is 1. The molecule has 0 unspecified atom stereocenters. The summed E-state index contributed by atoms with van der Waals surface area (Å²) >= 11 is 0. The van der Waals surface area contributed by atoms with Crippen molar-refractivity contribution in [3.05, 3.63) is 29.8 Å². The molecule has 0 bridgehead atoms. The van der Waals surface area contributed by atoms with Crippen molar-refractivity contribution in [3.63, 3.8) is 0 Å². The zero-order valence-corrected chi connectivity index (χ0v) is 15.1. The first-order valence-corrected chi connectivity index (χ1v) is 9.36. The van der Waals surface area contributed by atoms with Gasteiger partial charge in [-0.05, 0) is 49.9 Å². The number of aliphatic hydroxyl groups excluding tert-OH is 1. The van der Waals surface area contributed by atoms with Crippen molar-refractivity contribution in [3.8, 4) is 0 Å². The number of rotatable bonds is 6. The molecule has 142 valence electrons. The molecule has 0 radical (unpaired) electrons. The third kappa shape index (κ3) is 4.74. The molecule has 2 fully saturated rings. The molecule has 1 aromatic carbocycles. The van der Waals surface area contributed by atoms with Crippen LogP contribution in [0.3, 0.4) is 0 Å². The second-order valence-corrected chi connectivity index (χ2v) is 7.23. The Morgan fingerprint density at radius 3 is 2.58 bits per heavy atom. The number of piperidine rings is 1. The lowest BCUT2D eigenvalue weighted by atomic mass is 10.0. The van der Waals surface area contributed by atoms with Crippen LogP contribution in [-0.2, 0) is 4.79 Å². The van der Waals surface area contributed by atoms with E-state index in [4.69, 9.17) is 5.73 Å². The highest BCUT2D eigenvalue weighted by Gasteiger charge is 2.30. The first kappa shape index (κ1) is 18.7. The van der Waals surface area contributed by atoms with Crippen LogP contribution >= 0.6 is 0 Å². The molecule has 1 aromatic rings. The highest BCUT2D eigenvalue weighted by molar-refractivity contribution is 5.93. The second kappa shape index (κ2) is 8.51. The maximum atomic E-state index is 12.7. The van der Waals surface area contributed by atoms with Crippen molar-refractivity contribution in [1.29, 1.82) is 0 Å². The van der Waals surface area contributed by atoms with Gasteiger partial charge in [0.25, 0.3) is 0 Å². The molecule has 2 heterocycles. The van der Waals surface area contributed by atoms with Crippen molar-refractivity contribution in [2.45, 2.75) is 37.8 Å². The molecule has 7 nitrogen and oxygen atoms in total. The number of aliphatic hydroxyl groups is 1. The van der Waals surface area contributed by atoms with Gasteiger partial charge in [0.2, 0.25) is 11.8 Å². The summed E-state index contributed by atoms with van der Waals surface area (Å²) < 4.78 is 0. The maximum Gasteiger partial charge on any atom is 0.248 e. The number of hydrogen-bond acceptors (Lipinski definition) is 5. The van der Waals surface area contributed by atoms with Gasteiger partial charge < -0.3 is 21.1 Å². The molecule has 2 saturated heterocycles. The van der Waals surface area contributed by atoms with E-state index in [1.165, 1.54) is 0 Å². The fourth-order valence-electron chi connectivity index (χ4n) is 3.83. The van der Waals surface area contributed by atoms with Crippen molar-refractivity contribution >= 4 is 17.5 Å². The molecule has 3 rings (SSSR count). The number of nitrogens with zero attached hydrogens (tertiary/aromatic N) is 2. The lowest BCUT2D eigenvalue weighted by Crippen LogP contribution is -2.50. The van der Waals surface area contributed by atoms with Crippen LogP contribution < -0.4 is 11.1 Å². The SMILES string of the molecule is NC(=O)c1ccc(NCC(=O)N2CCCC[C@H]2CN2CC[C@H](O)C2)cc1. The fraction of sp³-hybridized carbons (Fsp3) is 0.579. The predicted octanol–water partition coefficient (Wildman–Crippen LogP) is 0.645. The van der Waals surface area contributed by atoms with Gasteiger partial charge in [-0.2, -0.15) is 0 Å². The second-order valence-electron chi connectivity index (χ2n) is 7.23. The number of β-amino-alcohol motifs (C(OH)–C–C–N with tert-alkyl or cyclic N) is 1. The molecular formula is C19H28N4O3. The van der Waals surface area contributed by atoms with Gasteiger partial charge in [-0.25, -0.2) is 0 Å². The van der Waals surface area contributed by atoms with Gasteiger partial charge in [0.1, 0.15) is 0 Å². The van der Waals surface area contributed by atoms with Crippen LogP contribution in [-0.4, -0.2) is 71.6 Å². The Hall–Kier alpha value is -2.12. The fourth-order valence-corrected chi connectivity index (χ4v) is 3.83. The van der Waals surface area contributed by atoms with Crippen molar-refractivity contribution in [1.82, 2.24) is 9.80 Å². The average molecular weight is 360 g/mol. The van der Waals surface area contributed by atoms with E-state index in [0.717, 1.165) is 51.0 Å². The predicted molar refractivity (Wildman–Crippen MR) is 99.9 cm³/mol. The van der Waals surface area contributed by atoms with E-state index < -0.39 is 5.91 Å². The Bertz CT molecular complexity index is 634. The number of carbonyl (C=O) groups excluding carboxylic acids is 2. The van der Waals surface area contributed by atoms with Gasteiger partial charge in [0.15, 0.2) is 0 Å². The lowest BCUT2D eigenvalue weighted by molar-refractivity contribution is -0.133. The van der Waals surface area contributed by atoms with Crippen molar-refractivity contribution < 1.29 is 14.7 Å². The highest BCUT2D eigenvalue weighted by Crippen LogP contribution is 2.20. The molecule has 0 aliphatic carbocycles. The number of benzene rings is 1. The molecule has 7 heteroatoms. The number of nitrogens with two attached hydrogens (primary N) is 1. The minimum Gasteiger partial charge on any atom is -0.392 e. The average Bonchev–Trinajstić information content (AvgIpc) is 3.05. The Morgan fingerprint density at radius 1 is 1.15 bits per heavy atom. The van der Waals surface area contributed by atoms with E-state index in [0.29, 0.717) is 12.1 Å². The van der Waals surface area contributed by atoms with Crippen molar-refractivity contribution in [2.75, 3.05) is 38.0 Å². The van der Waals surface area contributed by atoms with Crippen LogP contribution in [0.5, 0.6) is 0 Å². The largest absolute Gasteiger partial charge is 0.392 e. The van der Waals surface area contributed by atoms with Gasteiger partial charge >= 0.3 is 0 Å². The zero-order chi connectivity index (χ0) is 18.5. The summed E-state index contributed by atoms with van der Waals surface area (Å²) in [5.41, 5.74) is 6.48. The third-order valence-electron chi connectivity index (χ3n) is 5.28. The minimum atomic E-state index is -0.462. The summed E-state index contributed by atoms with van der Waals surface area (Å²) in [5, 5.41) is 12.8. The summed E-state index contributed by atoms with van der Waals surface area (Å²) in [6.45, 7) is 3.49. The molecule has 0 aromatic heterocycles. The molecule has 0 saturated carbocycles. The quantitative estimate of drug-likeness (QED) is 0.692. The van der Waals surface area contributed by atoms with Crippen LogP contribution in [0.25, 0.3) is 0 Å².